The predicted octanol–water partition coefficient (Wildman–Crippen LogP) is 4.43. The average molecular weight is 294 g/mol. The molecule has 0 atom stereocenters. The highest BCUT2D eigenvalue weighted by Gasteiger charge is 2.30. The largest absolute Gasteiger partial charge is 0.573 e. The van der Waals surface area contributed by atoms with Gasteiger partial charge in [0.15, 0.2) is 0 Å². The highest BCUT2D eigenvalue weighted by atomic mass is 19.4. The molecule has 0 unspecified atom stereocenters. The first-order chi connectivity index (χ1) is 10.0. The van der Waals surface area contributed by atoms with Crippen LogP contribution in [0.1, 0.15) is 12.0 Å². The van der Waals surface area contributed by atoms with E-state index in [2.05, 4.69) is 16.1 Å². The number of nitrogens with one attached hydrogen (secondary N) is 1. The molecular weight excluding hydrogens is 279 g/mol. The Labute approximate surface area is 121 Å². The number of ether oxygens (including phenoxy) is 1. The Morgan fingerprint density at radius 3 is 2.29 bits per heavy atom. The van der Waals surface area contributed by atoms with Crippen LogP contribution in [0, 0.1) is 6.07 Å². The van der Waals surface area contributed by atoms with Gasteiger partial charge in [0, 0.05) is 12.2 Å². The van der Waals surface area contributed by atoms with Gasteiger partial charge in [0.25, 0.3) is 0 Å². The van der Waals surface area contributed by atoms with Crippen molar-refractivity contribution in [1.29, 1.82) is 0 Å². The Hall–Kier alpha value is -2.17. The number of hydrogen-bond acceptors (Lipinski definition) is 2. The van der Waals surface area contributed by atoms with Gasteiger partial charge in [-0.1, -0.05) is 24.3 Å². The maximum absolute atomic E-state index is 12.0. The van der Waals surface area contributed by atoms with Gasteiger partial charge in [0.2, 0.25) is 0 Å². The van der Waals surface area contributed by atoms with Crippen LogP contribution in [0.15, 0.2) is 48.5 Å². The number of alkyl halides is 3. The van der Waals surface area contributed by atoms with Crippen molar-refractivity contribution in [2.45, 2.75) is 19.2 Å². The first kappa shape index (κ1) is 15.2. The van der Waals surface area contributed by atoms with Crippen LogP contribution < -0.4 is 10.1 Å². The van der Waals surface area contributed by atoms with Gasteiger partial charge in [-0.05, 0) is 48.7 Å². The average Bonchev–Trinajstić information content (AvgIpc) is 2.45. The van der Waals surface area contributed by atoms with Crippen molar-refractivity contribution in [3.05, 3.63) is 60.2 Å². The molecular formula is C16H15F3NO. The summed E-state index contributed by atoms with van der Waals surface area (Å²) >= 11 is 0. The van der Waals surface area contributed by atoms with Crippen LogP contribution in [0.25, 0.3) is 0 Å². The van der Waals surface area contributed by atoms with E-state index in [0.717, 1.165) is 25.1 Å². The first-order valence-corrected chi connectivity index (χ1v) is 6.58. The van der Waals surface area contributed by atoms with Crippen LogP contribution in [0.2, 0.25) is 0 Å². The highest BCUT2D eigenvalue weighted by molar-refractivity contribution is 5.46. The van der Waals surface area contributed by atoms with Gasteiger partial charge in [-0.2, -0.15) is 0 Å². The molecule has 0 aromatic heterocycles. The van der Waals surface area contributed by atoms with E-state index < -0.39 is 6.36 Å². The molecule has 1 N–H and O–H groups in total. The van der Waals surface area contributed by atoms with Gasteiger partial charge in [-0.15, -0.1) is 13.2 Å². The van der Waals surface area contributed by atoms with Crippen LogP contribution in [0.4, 0.5) is 18.9 Å². The van der Waals surface area contributed by atoms with Crippen molar-refractivity contribution in [1.82, 2.24) is 0 Å². The lowest BCUT2D eigenvalue weighted by molar-refractivity contribution is -0.274. The third-order valence-electron chi connectivity index (χ3n) is 2.85. The molecule has 0 saturated heterocycles. The topological polar surface area (TPSA) is 21.3 Å². The molecule has 2 rings (SSSR count). The minimum Gasteiger partial charge on any atom is -0.406 e. The lowest BCUT2D eigenvalue weighted by atomic mass is 10.1. The van der Waals surface area contributed by atoms with E-state index in [0.29, 0.717) is 0 Å². The molecule has 5 heteroatoms. The standard InChI is InChI=1S/C16H15F3NO/c17-16(18,19)21-15-10-8-14(9-11-15)20-12-4-7-13-5-2-1-3-6-13/h2-3,5-6,8-11,20H,4,7,12H2. The van der Waals surface area contributed by atoms with Crippen molar-refractivity contribution >= 4 is 5.69 Å². The number of rotatable bonds is 6. The summed E-state index contributed by atoms with van der Waals surface area (Å²) < 4.78 is 39.8. The van der Waals surface area contributed by atoms with Crippen LogP contribution in [-0.2, 0) is 6.42 Å². The molecule has 0 amide bonds. The molecule has 0 bridgehead atoms. The normalized spacial score (nSPS) is 11.2. The van der Waals surface area contributed by atoms with Crippen LogP contribution in [0.3, 0.4) is 0 Å². The summed E-state index contributed by atoms with van der Waals surface area (Å²) in [5.41, 5.74) is 2.01. The summed E-state index contributed by atoms with van der Waals surface area (Å²) in [6.07, 6.45) is -2.77. The van der Waals surface area contributed by atoms with Gasteiger partial charge in [-0.3, -0.25) is 0 Å². The molecule has 0 spiro atoms. The zero-order valence-corrected chi connectivity index (χ0v) is 11.3. The molecule has 2 nitrogen and oxygen atoms in total. The maximum Gasteiger partial charge on any atom is 0.573 e. The number of benzene rings is 2. The Bertz CT molecular complexity index is 538. The SMILES string of the molecule is FC(F)(F)Oc1ccc(NCCCc2cc[c]cc2)cc1. The van der Waals surface area contributed by atoms with E-state index in [1.165, 1.54) is 17.7 Å². The first-order valence-electron chi connectivity index (χ1n) is 6.58. The third-order valence-corrected chi connectivity index (χ3v) is 2.85. The summed E-state index contributed by atoms with van der Waals surface area (Å²) in [5.74, 6) is -0.214. The van der Waals surface area contributed by atoms with Gasteiger partial charge < -0.3 is 10.1 Å². The van der Waals surface area contributed by atoms with E-state index in [9.17, 15) is 13.2 Å². The minimum atomic E-state index is -4.65. The molecule has 111 valence electrons. The summed E-state index contributed by atoms with van der Waals surface area (Å²) in [6, 6.07) is 16.5. The Morgan fingerprint density at radius 1 is 1.00 bits per heavy atom. The van der Waals surface area contributed by atoms with Crippen molar-refractivity contribution in [2.24, 2.45) is 0 Å². The van der Waals surface area contributed by atoms with Crippen LogP contribution >= 0.6 is 0 Å². The quantitative estimate of drug-likeness (QED) is 0.796. The summed E-state index contributed by atoms with van der Waals surface area (Å²) in [4.78, 5) is 0. The molecule has 0 aliphatic heterocycles. The predicted molar refractivity (Wildman–Crippen MR) is 75.2 cm³/mol. The highest BCUT2D eigenvalue weighted by Crippen LogP contribution is 2.23. The van der Waals surface area contributed by atoms with E-state index in [4.69, 9.17) is 0 Å². The molecule has 21 heavy (non-hydrogen) atoms. The maximum atomic E-state index is 12.0. The zero-order valence-electron chi connectivity index (χ0n) is 11.3. The fourth-order valence-corrected chi connectivity index (χ4v) is 1.89. The monoisotopic (exact) mass is 294 g/mol. The van der Waals surface area contributed by atoms with E-state index in [-0.39, 0.29) is 5.75 Å². The molecule has 0 saturated carbocycles. The lowest BCUT2D eigenvalue weighted by Gasteiger charge is -2.10. The molecule has 1 radical (unpaired) electrons. The fraction of sp³-hybridized carbons (Fsp3) is 0.250. The zero-order chi connectivity index (χ0) is 15.1. The van der Waals surface area contributed by atoms with Crippen molar-refractivity contribution in [3.8, 4) is 5.75 Å². The van der Waals surface area contributed by atoms with E-state index in [1.807, 2.05) is 24.3 Å². The Kier molecular flexibility index (Phi) is 5.09. The second-order valence-corrected chi connectivity index (χ2v) is 4.51. The number of halogens is 3. The van der Waals surface area contributed by atoms with E-state index in [1.54, 1.807) is 12.1 Å². The lowest BCUT2D eigenvalue weighted by Crippen LogP contribution is -2.17. The molecule has 2 aromatic rings. The smallest absolute Gasteiger partial charge is 0.406 e. The number of anilines is 1. The van der Waals surface area contributed by atoms with Crippen molar-refractivity contribution in [2.75, 3.05) is 11.9 Å². The van der Waals surface area contributed by atoms with Gasteiger partial charge in [0.05, 0.1) is 0 Å². The Morgan fingerprint density at radius 2 is 1.67 bits per heavy atom. The van der Waals surface area contributed by atoms with Crippen LogP contribution in [0.5, 0.6) is 5.75 Å². The van der Waals surface area contributed by atoms with Gasteiger partial charge in [0.1, 0.15) is 5.75 Å². The summed E-state index contributed by atoms with van der Waals surface area (Å²) in [7, 11) is 0. The van der Waals surface area contributed by atoms with Gasteiger partial charge >= 0.3 is 6.36 Å². The molecule has 2 aromatic carbocycles. The summed E-state index contributed by atoms with van der Waals surface area (Å²) in [5, 5.41) is 3.16. The molecule has 0 aliphatic carbocycles. The number of aryl methyl sites for hydroxylation is 1. The van der Waals surface area contributed by atoms with Gasteiger partial charge in [-0.25, -0.2) is 0 Å². The minimum absolute atomic E-state index is 0.214. The van der Waals surface area contributed by atoms with Crippen LogP contribution in [-0.4, -0.2) is 12.9 Å². The Balaban J connectivity index is 1.74. The number of hydrogen-bond donors (Lipinski definition) is 1. The van der Waals surface area contributed by atoms with Crippen molar-refractivity contribution < 1.29 is 17.9 Å². The molecule has 0 heterocycles. The summed E-state index contributed by atoms with van der Waals surface area (Å²) in [6.45, 7) is 0.748. The molecule has 0 fully saturated rings. The molecule has 0 aliphatic rings. The fourth-order valence-electron chi connectivity index (χ4n) is 1.89. The van der Waals surface area contributed by atoms with E-state index >= 15 is 0 Å². The van der Waals surface area contributed by atoms with Crippen molar-refractivity contribution in [3.63, 3.8) is 0 Å². The third kappa shape index (κ3) is 5.77. The second-order valence-electron chi connectivity index (χ2n) is 4.51. The second kappa shape index (κ2) is 7.02.